The number of ether oxygens (including phenoxy) is 5. The fourth-order valence-electron chi connectivity index (χ4n) is 5.28. The van der Waals surface area contributed by atoms with Gasteiger partial charge in [-0.05, 0) is 42.2 Å². The van der Waals surface area contributed by atoms with Gasteiger partial charge in [0.25, 0.3) is 0 Å². The van der Waals surface area contributed by atoms with Gasteiger partial charge >= 0.3 is 0 Å². The van der Waals surface area contributed by atoms with Gasteiger partial charge in [0.15, 0.2) is 13.1 Å². The topological polar surface area (TPSA) is 66.4 Å². The molecule has 3 atom stereocenters. The fraction of sp³-hybridized carbons (Fsp3) is 0.400. The molecule has 0 unspecified atom stereocenters. The summed E-state index contributed by atoms with van der Waals surface area (Å²) in [4.78, 5) is 0. The summed E-state index contributed by atoms with van der Waals surface area (Å²) in [5.74, 6) is 1.49. The zero-order valence-corrected chi connectivity index (χ0v) is 21.4. The monoisotopic (exact) mass is 492 g/mol. The molecule has 4 rings (SSSR count). The Hall–Kier alpha value is -2.90. The van der Waals surface area contributed by atoms with Crippen LogP contribution in [-0.4, -0.2) is 51.7 Å². The maximum atomic E-state index is 10.5. The van der Waals surface area contributed by atoms with Crippen molar-refractivity contribution in [3.05, 3.63) is 84.5 Å². The predicted octanol–water partition coefficient (Wildman–Crippen LogP) is 5.12. The van der Waals surface area contributed by atoms with E-state index < -0.39 is 17.8 Å². The van der Waals surface area contributed by atoms with Gasteiger partial charge in [-0.25, -0.2) is 0 Å². The van der Waals surface area contributed by atoms with Gasteiger partial charge in [0, 0.05) is 50.9 Å². The normalized spacial score (nSPS) is 22.1. The second kappa shape index (κ2) is 11.4. The quantitative estimate of drug-likeness (QED) is 0.328. The van der Waals surface area contributed by atoms with E-state index in [-0.39, 0.29) is 12.9 Å². The standard InChI is InChI=1S/C30H36O6/c1-6-8-20-10-11-26(35-19-32-3)23(14-20)24-15-21(9-7-2)16-25-29(24)36-27-17-22(31)12-13-30(25,27)18-28(33-4)34-5/h6-7,10-16,22,27-28,31H,1-2,8-9,17-19H2,3-5H3/t22-,27-,30+/m0/s1. The van der Waals surface area contributed by atoms with E-state index in [9.17, 15) is 5.11 Å². The molecule has 1 N–H and O–H groups in total. The van der Waals surface area contributed by atoms with Crippen LogP contribution in [0.4, 0.5) is 0 Å². The minimum Gasteiger partial charge on any atom is -0.488 e. The number of hydrogen-bond acceptors (Lipinski definition) is 6. The second-order valence-electron chi connectivity index (χ2n) is 9.30. The lowest BCUT2D eigenvalue weighted by molar-refractivity contribution is -0.120. The molecule has 192 valence electrons. The summed E-state index contributed by atoms with van der Waals surface area (Å²) >= 11 is 0. The van der Waals surface area contributed by atoms with Crippen molar-refractivity contribution in [3.63, 3.8) is 0 Å². The largest absolute Gasteiger partial charge is 0.488 e. The lowest BCUT2D eigenvalue weighted by Gasteiger charge is -2.37. The fourth-order valence-corrected chi connectivity index (χ4v) is 5.28. The van der Waals surface area contributed by atoms with Crippen molar-refractivity contribution in [2.45, 2.75) is 49.6 Å². The van der Waals surface area contributed by atoms with Crippen LogP contribution in [-0.2, 0) is 32.5 Å². The van der Waals surface area contributed by atoms with Gasteiger partial charge in [-0.1, -0.05) is 36.4 Å². The predicted molar refractivity (Wildman–Crippen MR) is 140 cm³/mol. The number of aliphatic hydroxyl groups excluding tert-OH is 1. The molecule has 0 fully saturated rings. The zero-order valence-electron chi connectivity index (χ0n) is 21.4. The first kappa shape index (κ1) is 26.2. The minimum atomic E-state index is -0.575. The highest BCUT2D eigenvalue weighted by Crippen LogP contribution is 2.55. The van der Waals surface area contributed by atoms with Crippen LogP contribution < -0.4 is 9.47 Å². The van der Waals surface area contributed by atoms with Crippen LogP contribution >= 0.6 is 0 Å². The Balaban J connectivity index is 1.95. The first-order chi connectivity index (χ1) is 17.5. The van der Waals surface area contributed by atoms with E-state index in [2.05, 4.69) is 37.4 Å². The third kappa shape index (κ3) is 5.00. The summed E-state index contributed by atoms with van der Waals surface area (Å²) in [6, 6.07) is 10.5. The van der Waals surface area contributed by atoms with E-state index in [1.807, 2.05) is 30.4 Å². The first-order valence-corrected chi connectivity index (χ1v) is 12.2. The Labute approximate surface area is 213 Å². The lowest BCUT2D eigenvalue weighted by Crippen LogP contribution is -2.44. The van der Waals surface area contributed by atoms with E-state index >= 15 is 0 Å². The van der Waals surface area contributed by atoms with Crippen LogP contribution in [0.3, 0.4) is 0 Å². The summed E-state index contributed by atoms with van der Waals surface area (Å²) in [7, 11) is 4.88. The Bertz CT molecular complexity index is 1120. The number of rotatable bonds is 12. The maximum absolute atomic E-state index is 10.5. The van der Waals surface area contributed by atoms with Crippen LogP contribution in [0.15, 0.2) is 67.8 Å². The molecular weight excluding hydrogens is 456 g/mol. The van der Waals surface area contributed by atoms with Crippen molar-refractivity contribution < 1.29 is 28.8 Å². The van der Waals surface area contributed by atoms with Gasteiger partial charge in [0.2, 0.25) is 0 Å². The van der Waals surface area contributed by atoms with E-state index in [0.717, 1.165) is 40.0 Å². The number of aliphatic hydroxyl groups is 1. The molecule has 2 aromatic rings. The molecule has 0 aromatic heterocycles. The second-order valence-corrected chi connectivity index (χ2v) is 9.30. The first-order valence-electron chi connectivity index (χ1n) is 12.2. The highest BCUT2D eigenvalue weighted by Gasteiger charge is 2.52. The SMILES string of the molecule is C=CCc1ccc(OCOC)c(-c2cc(CC=C)cc3c2O[C@H]2C[C@@H](O)C=C[C@@]32CC(OC)OC)c1. The van der Waals surface area contributed by atoms with Gasteiger partial charge in [-0.2, -0.15) is 0 Å². The Morgan fingerprint density at radius 2 is 1.78 bits per heavy atom. The Kier molecular flexibility index (Phi) is 8.32. The average Bonchev–Trinajstić information content (AvgIpc) is 3.19. The molecule has 2 aliphatic rings. The number of benzene rings is 2. The molecular formula is C30H36O6. The molecule has 0 saturated heterocycles. The average molecular weight is 493 g/mol. The van der Waals surface area contributed by atoms with Crippen molar-refractivity contribution in [1.82, 2.24) is 0 Å². The van der Waals surface area contributed by atoms with Gasteiger partial charge < -0.3 is 28.8 Å². The Morgan fingerprint density at radius 3 is 2.47 bits per heavy atom. The van der Waals surface area contributed by atoms with Crippen molar-refractivity contribution >= 4 is 0 Å². The smallest absolute Gasteiger partial charge is 0.188 e. The van der Waals surface area contributed by atoms with E-state index in [1.165, 1.54) is 0 Å². The van der Waals surface area contributed by atoms with E-state index in [1.54, 1.807) is 21.3 Å². The van der Waals surface area contributed by atoms with Crippen molar-refractivity contribution in [1.29, 1.82) is 0 Å². The number of fused-ring (bicyclic) bond motifs is 3. The molecule has 2 aromatic carbocycles. The van der Waals surface area contributed by atoms with Crippen LogP contribution in [0.5, 0.6) is 11.5 Å². The van der Waals surface area contributed by atoms with Gasteiger partial charge in [0.1, 0.15) is 17.6 Å². The summed E-state index contributed by atoms with van der Waals surface area (Å²) in [6.07, 6.45) is 8.91. The molecule has 0 amide bonds. The molecule has 0 bridgehead atoms. The van der Waals surface area contributed by atoms with E-state index in [0.29, 0.717) is 25.0 Å². The Morgan fingerprint density at radius 1 is 1.06 bits per heavy atom. The van der Waals surface area contributed by atoms with Crippen molar-refractivity contribution in [3.8, 4) is 22.6 Å². The molecule has 1 aliphatic heterocycles. The molecule has 36 heavy (non-hydrogen) atoms. The summed E-state index contributed by atoms with van der Waals surface area (Å²) in [5.41, 5.74) is 4.62. The highest BCUT2D eigenvalue weighted by molar-refractivity contribution is 5.80. The highest BCUT2D eigenvalue weighted by atomic mass is 16.7. The minimum absolute atomic E-state index is 0.133. The molecule has 0 radical (unpaired) electrons. The third-order valence-corrected chi connectivity index (χ3v) is 7.01. The number of hydrogen-bond donors (Lipinski definition) is 1. The molecule has 1 heterocycles. The van der Waals surface area contributed by atoms with Crippen LogP contribution in [0.25, 0.3) is 11.1 Å². The molecule has 6 heteroatoms. The summed E-state index contributed by atoms with van der Waals surface area (Å²) in [6.45, 7) is 7.99. The lowest BCUT2D eigenvalue weighted by atomic mass is 9.69. The van der Waals surface area contributed by atoms with Crippen molar-refractivity contribution in [2.75, 3.05) is 28.1 Å². The van der Waals surface area contributed by atoms with Crippen molar-refractivity contribution in [2.24, 2.45) is 0 Å². The third-order valence-electron chi connectivity index (χ3n) is 7.01. The summed E-state index contributed by atoms with van der Waals surface area (Å²) in [5, 5.41) is 10.5. The van der Waals surface area contributed by atoms with E-state index in [4.69, 9.17) is 23.7 Å². The number of allylic oxidation sites excluding steroid dienone is 2. The van der Waals surface area contributed by atoms with Crippen LogP contribution in [0.1, 0.15) is 29.5 Å². The summed E-state index contributed by atoms with van der Waals surface area (Å²) < 4.78 is 29.1. The van der Waals surface area contributed by atoms with Crippen LogP contribution in [0, 0.1) is 0 Å². The zero-order chi connectivity index (χ0) is 25.7. The van der Waals surface area contributed by atoms with Crippen LogP contribution in [0.2, 0.25) is 0 Å². The molecule has 1 aliphatic carbocycles. The number of methoxy groups -OCH3 is 3. The maximum Gasteiger partial charge on any atom is 0.188 e. The van der Waals surface area contributed by atoms with Gasteiger partial charge in [-0.15, -0.1) is 13.2 Å². The molecule has 6 nitrogen and oxygen atoms in total. The molecule has 0 saturated carbocycles. The van der Waals surface area contributed by atoms with Gasteiger partial charge in [-0.3, -0.25) is 0 Å². The van der Waals surface area contributed by atoms with Gasteiger partial charge in [0.05, 0.1) is 11.5 Å². The molecule has 0 spiro atoms.